The van der Waals surface area contributed by atoms with Crippen molar-refractivity contribution < 1.29 is 0 Å². The number of hydrogen-bond acceptors (Lipinski definition) is 4. The lowest BCUT2D eigenvalue weighted by molar-refractivity contribution is 0.209. The van der Waals surface area contributed by atoms with Gasteiger partial charge in [0.2, 0.25) is 0 Å². The van der Waals surface area contributed by atoms with Crippen molar-refractivity contribution in [2.45, 2.75) is 39.8 Å². The smallest absolute Gasteiger partial charge is 0.128 e. The van der Waals surface area contributed by atoms with Gasteiger partial charge in [0.1, 0.15) is 5.82 Å². The molecule has 2 heterocycles. The first-order chi connectivity index (χ1) is 9.61. The van der Waals surface area contributed by atoms with E-state index in [9.17, 15) is 0 Å². The minimum atomic E-state index is 0.374. The number of nitrogens with one attached hydrogen (secondary N) is 1. The highest BCUT2D eigenvalue weighted by atomic mass is 15.3. The molecule has 0 bridgehead atoms. The minimum Gasteiger partial charge on any atom is -0.354 e. The van der Waals surface area contributed by atoms with Gasteiger partial charge in [-0.3, -0.25) is 4.90 Å². The zero-order chi connectivity index (χ0) is 14.5. The van der Waals surface area contributed by atoms with Crippen LogP contribution < -0.4 is 10.2 Å². The first kappa shape index (κ1) is 15.3. The first-order valence-corrected chi connectivity index (χ1v) is 7.80. The van der Waals surface area contributed by atoms with Crippen LogP contribution in [0.15, 0.2) is 18.3 Å². The summed E-state index contributed by atoms with van der Waals surface area (Å²) in [5.74, 6) is 1.11. The molecule has 1 aromatic rings. The lowest BCUT2D eigenvalue weighted by atomic mass is 10.1. The van der Waals surface area contributed by atoms with Gasteiger partial charge in [-0.15, -0.1) is 0 Å². The highest BCUT2D eigenvalue weighted by Gasteiger charge is 2.19. The molecule has 0 amide bonds. The fourth-order valence-electron chi connectivity index (χ4n) is 2.73. The van der Waals surface area contributed by atoms with Crippen LogP contribution in [0.1, 0.15) is 39.3 Å². The average molecular weight is 276 g/mol. The topological polar surface area (TPSA) is 31.4 Å². The molecule has 1 unspecified atom stereocenters. The van der Waals surface area contributed by atoms with E-state index >= 15 is 0 Å². The third kappa shape index (κ3) is 3.70. The average Bonchev–Trinajstić information content (AvgIpc) is 2.48. The van der Waals surface area contributed by atoms with Crippen LogP contribution >= 0.6 is 0 Å². The van der Waals surface area contributed by atoms with Crippen LogP contribution in [-0.2, 0) is 0 Å². The van der Waals surface area contributed by atoms with Crippen molar-refractivity contribution in [3.63, 3.8) is 0 Å². The summed E-state index contributed by atoms with van der Waals surface area (Å²) in [6.07, 6.45) is 2.01. The standard InChI is InChI=1S/C16H28N4/c1-5-17-14(4)15-6-7-16(18-12-15)20-10-8-19(9-11-20)13(2)3/h6-7,12-14,17H,5,8-11H2,1-4H3. The fourth-order valence-corrected chi connectivity index (χ4v) is 2.73. The number of nitrogens with zero attached hydrogens (tertiary/aromatic N) is 3. The molecule has 0 aromatic carbocycles. The fraction of sp³-hybridized carbons (Fsp3) is 0.688. The molecule has 0 aliphatic carbocycles. The molecule has 1 aliphatic rings. The van der Waals surface area contributed by atoms with E-state index in [1.807, 2.05) is 6.20 Å². The third-order valence-corrected chi connectivity index (χ3v) is 4.15. The Morgan fingerprint density at radius 2 is 1.85 bits per heavy atom. The van der Waals surface area contributed by atoms with Crippen LogP contribution in [0.4, 0.5) is 5.82 Å². The van der Waals surface area contributed by atoms with Crippen LogP contribution in [0, 0.1) is 0 Å². The Morgan fingerprint density at radius 3 is 2.35 bits per heavy atom. The number of hydrogen-bond donors (Lipinski definition) is 1. The van der Waals surface area contributed by atoms with E-state index in [0.29, 0.717) is 12.1 Å². The van der Waals surface area contributed by atoms with Crippen LogP contribution in [0.2, 0.25) is 0 Å². The SMILES string of the molecule is CCNC(C)c1ccc(N2CCN(C(C)C)CC2)nc1. The first-order valence-electron chi connectivity index (χ1n) is 7.80. The van der Waals surface area contributed by atoms with Crippen molar-refractivity contribution in [1.82, 2.24) is 15.2 Å². The zero-order valence-electron chi connectivity index (χ0n) is 13.3. The van der Waals surface area contributed by atoms with E-state index in [0.717, 1.165) is 38.5 Å². The Balaban J connectivity index is 1.94. The van der Waals surface area contributed by atoms with Gasteiger partial charge in [-0.2, -0.15) is 0 Å². The van der Waals surface area contributed by atoms with Gasteiger partial charge in [0, 0.05) is 44.5 Å². The highest BCUT2D eigenvalue weighted by molar-refractivity contribution is 5.40. The van der Waals surface area contributed by atoms with Crippen LogP contribution in [0.5, 0.6) is 0 Å². The second-order valence-corrected chi connectivity index (χ2v) is 5.85. The summed E-state index contributed by atoms with van der Waals surface area (Å²) in [4.78, 5) is 9.56. The van der Waals surface area contributed by atoms with E-state index in [1.165, 1.54) is 5.56 Å². The molecule has 0 saturated carbocycles. The molecule has 4 nitrogen and oxygen atoms in total. The quantitative estimate of drug-likeness (QED) is 0.894. The Kier molecular flexibility index (Phi) is 5.38. The number of rotatable bonds is 5. The van der Waals surface area contributed by atoms with Gasteiger partial charge in [0.05, 0.1) is 0 Å². The monoisotopic (exact) mass is 276 g/mol. The molecular formula is C16H28N4. The molecule has 1 saturated heterocycles. The number of aromatic nitrogens is 1. The van der Waals surface area contributed by atoms with Gasteiger partial charge in [-0.25, -0.2) is 4.98 Å². The summed E-state index contributed by atoms with van der Waals surface area (Å²) in [5, 5.41) is 3.42. The molecule has 1 atom stereocenters. The maximum absolute atomic E-state index is 4.64. The maximum atomic E-state index is 4.64. The summed E-state index contributed by atoms with van der Waals surface area (Å²) in [5.41, 5.74) is 1.26. The normalized spacial score (nSPS) is 18.6. The summed E-state index contributed by atoms with van der Waals surface area (Å²) in [6, 6.07) is 5.38. The van der Waals surface area contributed by atoms with E-state index < -0.39 is 0 Å². The van der Waals surface area contributed by atoms with Crippen molar-refractivity contribution >= 4 is 5.82 Å². The molecule has 2 rings (SSSR count). The van der Waals surface area contributed by atoms with Gasteiger partial charge in [-0.05, 0) is 38.9 Å². The van der Waals surface area contributed by atoms with E-state index in [1.54, 1.807) is 0 Å². The van der Waals surface area contributed by atoms with Gasteiger partial charge in [0.15, 0.2) is 0 Å². The molecule has 0 spiro atoms. The zero-order valence-corrected chi connectivity index (χ0v) is 13.3. The summed E-state index contributed by atoms with van der Waals surface area (Å²) >= 11 is 0. The molecule has 4 heteroatoms. The Morgan fingerprint density at radius 1 is 1.15 bits per heavy atom. The summed E-state index contributed by atoms with van der Waals surface area (Å²) < 4.78 is 0. The second kappa shape index (κ2) is 7.04. The van der Waals surface area contributed by atoms with Crippen molar-refractivity contribution in [1.29, 1.82) is 0 Å². The largest absolute Gasteiger partial charge is 0.354 e. The minimum absolute atomic E-state index is 0.374. The highest BCUT2D eigenvalue weighted by Crippen LogP contribution is 2.18. The molecule has 0 radical (unpaired) electrons. The lowest BCUT2D eigenvalue weighted by Gasteiger charge is -2.37. The van der Waals surface area contributed by atoms with Gasteiger partial charge >= 0.3 is 0 Å². The number of piperazine rings is 1. The van der Waals surface area contributed by atoms with Crippen molar-refractivity contribution in [3.8, 4) is 0 Å². The Bertz CT molecular complexity index is 393. The molecular weight excluding hydrogens is 248 g/mol. The molecule has 1 aromatic heterocycles. The van der Waals surface area contributed by atoms with Crippen molar-refractivity contribution in [3.05, 3.63) is 23.9 Å². The molecule has 1 N–H and O–H groups in total. The molecule has 20 heavy (non-hydrogen) atoms. The van der Waals surface area contributed by atoms with Gasteiger partial charge in [0.25, 0.3) is 0 Å². The van der Waals surface area contributed by atoms with Crippen molar-refractivity contribution in [2.75, 3.05) is 37.6 Å². The molecule has 1 aliphatic heterocycles. The Hall–Kier alpha value is -1.13. The van der Waals surface area contributed by atoms with Gasteiger partial charge in [-0.1, -0.05) is 13.0 Å². The number of anilines is 1. The van der Waals surface area contributed by atoms with Gasteiger partial charge < -0.3 is 10.2 Å². The van der Waals surface area contributed by atoms with Crippen LogP contribution in [-0.4, -0.2) is 48.6 Å². The van der Waals surface area contributed by atoms with Crippen LogP contribution in [0.25, 0.3) is 0 Å². The van der Waals surface area contributed by atoms with Crippen molar-refractivity contribution in [2.24, 2.45) is 0 Å². The molecule has 112 valence electrons. The van der Waals surface area contributed by atoms with E-state index in [-0.39, 0.29) is 0 Å². The van der Waals surface area contributed by atoms with E-state index in [2.05, 4.69) is 59.9 Å². The molecule has 1 fully saturated rings. The van der Waals surface area contributed by atoms with E-state index in [4.69, 9.17) is 0 Å². The lowest BCUT2D eigenvalue weighted by Crippen LogP contribution is -2.49. The third-order valence-electron chi connectivity index (χ3n) is 4.15. The van der Waals surface area contributed by atoms with Crippen LogP contribution in [0.3, 0.4) is 0 Å². The number of pyridine rings is 1. The Labute approximate surface area is 123 Å². The predicted molar refractivity (Wildman–Crippen MR) is 85.3 cm³/mol. The summed E-state index contributed by atoms with van der Waals surface area (Å²) in [6.45, 7) is 14.3. The maximum Gasteiger partial charge on any atom is 0.128 e. The predicted octanol–water partition coefficient (Wildman–Crippen LogP) is 2.28. The summed E-state index contributed by atoms with van der Waals surface area (Å²) in [7, 11) is 0. The second-order valence-electron chi connectivity index (χ2n) is 5.85.